The van der Waals surface area contributed by atoms with Gasteiger partial charge >= 0.3 is 6.09 Å². The predicted octanol–water partition coefficient (Wildman–Crippen LogP) is 2.24. The van der Waals surface area contributed by atoms with E-state index in [-0.39, 0.29) is 24.3 Å². The molecule has 2 rings (SSSR count). The van der Waals surface area contributed by atoms with Crippen molar-refractivity contribution in [2.24, 2.45) is 0 Å². The second-order valence-corrected chi connectivity index (χ2v) is 6.71. The Hall–Kier alpha value is -1.66. The highest BCUT2D eigenvalue weighted by atomic mass is 16.6. The fourth-order valence-electron chi connectivity index (χ4n) is 2.60. The molecule has 0 saturated heterocycles. The van der Waals surface area contributed by atoms with E-state index in [0.717, 1.165) is 12.1 Å². The third-order valence-electron chi connectivity index (χ3n) is 3.65. The van der Waals surface area contributed by atoms with Crippen LogP contribution < -0.4 is 10.6 Å². The molecule has 1 amide bonds. The molecular weight excluding hydrogens is 294 g/mol. The number of carbonyl (C=O) groups is 1. The Morgan fingerprint density at radius 1 is 1.39 bits per heavy atom. The summed E-state index contributed by atoms with van der Waals surface area (Å²) in [6.45, 7) is 8.84. The van der Waals surface area contributed by atoms with Gasteiger partial charge in [-0.25, -0.2) is 4.79 Å². The van der Waals surface area contributed by atoms with Crippen molar-refractivity contribution in [3.63, 3.8) is 0 Å². The SMILES string of the molecule is CCOC1CC(NC(=O)OC(C)(C)C)C1NCc1ccccn1. The van der Waals surface area contributed by atoms with Gasteiger partial charge in [0, 0.05) is 19.3 Å². The molecular formula is C17H27N3O3. The van der Waals surface area contributed by atoms with Gasteiger partial charge in [0.2, 0.25) is 0 Å². The molecule has 0 aliphatic heterocycles. The van der Waals surface area contributed by atoms with E-state index < -0.39 is 5.60 Å². The lowest BCUT2D eigenvalue weighted by Crippen LogP contribution is -2.66. The molecule has 3 unspecified atom stereocenters. The maximum Gasteiger partial charge on any atom is 0.407 e. The molecule has 23 heavy (non-hydrogen) atoms. The molecule has 0 bridgehead atoms. The first-order valence-electron chi connectivity index (χ1n) is 8.13. The van der Waals surface area contributed by atoms with Crippen LogP contribution in [0.4, 0.5) is 4.79 Å². The van der Waals surface area contributed by atoms with Gasteiger partial charge in [-0.1, -0.05) is 6.07 Å². The normalized spacial score (nSPS) is 23.9. The Morgan fingerprint density at radius 3 is 2.78 bits per heavy atom. The largest absolute Gasteiger partial charge is 0.444 e. The zero-order valence-corrected chi connectivity index (χ0v) is 14.3. The average Bonchev–Trinajstić information content (AvgIpc) is 2.45. The Kier molecular flexibility index (Phi) is 5.96. The van der Waals surface area contributed by atoms with Crippen LogP contribution in [0.3, 0.4) is 0 Å². The number of ether oxygens (including phenoxy) is 2. The number of rotatable bonds is 6. The first-order chi connectivity index (χ1) is 10.9. The van der Waals surface area contributed by atoms with Crippen molar-refractivity contribution < 1.29 is 14.3 Å². The highest BCUT2D eigenvalue weighted by Crippen LogP contribution is 2.25. The monoisotopic (exact) mass is 321 g/mol. The highest BCUT2D eigenvalue weighted by Gasteiger charge is 2.42. The Balaban J connectivity index is 1.87. The lowest BCUT2D eigenvalue weighted by atomic mass is 9.82. The van der Waals surface area contributed by atoms with E-state index in [2.05, 4.69) is 15.6 Å². The quantitative estimate of drug-likeness (QED) is 0.841. The van der Waals surface area contributed by atoms with Gasteiger partial charge in [0.1, 0.15) is 5.60 Å². The summed E-state index contributed by atoms with van der Waals surface area (Å²) in [7, 11) is 0. The van der Waals surface area contributed by atoms with Crippen LogP contribution >= 0.6 is 0 Å². The fourth-order valence-corrected chi connectivity index (χ4v) is 2.60. The second kappa shape index (κ2) is 7.75. The van der Waals surface area contributed by atoms with Gasteiger partial charge in [0.05, 0.1) is 23.9 Å². The summed E-state index contributed by atoms with van der Waals surface area (Å²) in [5.74, 6) is 0. The number of amides is 1. The van der Waals surface area contributed by atoms with Crippen LogP contribution in [-0.2, 0) is 16.0 Å². The van der Waals surface area contributed by atoms with Crippen LogP contribution in [-0.4, -0.2) is 41.5 Å². The van der Waals surface area contributed by atoms with E-state index in [4.69, 9.17) is 9.47 Å². The molecule has 0 spiro atoms. The number of nitrogens with one attached hydrogen (secondary N) is 2. The van der Waals surface area contributed by atoms with E-state index in [0.29, 0.717) is 13.2 Å². The summed E-state index contributed by atoms with van der Waals surface area (Å²) >= 11 is 0. The number of nitrogens with zero attached hydrogens (tertiary/aromatic N) is 1. The summed E-state index contributed by atoms with van der Waals surface area (Å²) in [5.41, 5.74) is 0.468. The Bertz CT molecular complexity index is 502. The number of aromatic nitrogens is 1. The molecule has 1 heterocycles. The van der Waals surface area contributed by atoms with Crippen molar-refractivity contribution >= 4 is 6.09 Å². The Labute approximate surface area is 138 Å². The van der Waals surface area contributed by atoms with Crippen molar-refractivity contribution in [3.05, 3.63) is 30.1 Å². The highest BCUT2D eigenvalue weighted by molar-refractivity contribution is 5.68. The summed E-state index contributed by atoms with van der Waals surface area (Å²) in [5, 5.41) is 6.35. The molecule has 1 aliphatic carbocycles. The number of hydrogen-bond donors (Lipinski definition) is 2. The van der Waals surface area contributed by atoms with Crippen LogP contribution in [0, 0.1) is 0 Å². The molecule has 1 aromatic rings. The number of alkyl carbamates (subject to hydrolysis) is 1. The second-order valence-electron chi connectivity index (χ2n) is 6.71. The van der Waals surface area contributed by atoms with Gasteiger partial charge in [0.25, 0.3) is 0 Å². The smallest absolute Gasteiger partial charge is 0.407 e. The van der Waals surface area contributed by atoms with Gasteiger partial charge < -0.3 is 20.1 Å². The summed E-state index contributed by atoms with van der Waals surface area (Å²) in [6.07, 6.45) is 2.27. The molecule has 0 aromatic carbocycles. The van der Waals surface area contributed by atoms with E-state index >= 15 is 0 Å². The lowest BCUT2D eigenvalue weighted by molar-refractivity contribution is -0.0439. The van der Waals surface area contributed by atoms with Gasteiger partial charge in [0.15, 0.2) is 0 Å². The van der Waals surface area contributed by atoms with E-state index in [1.54, 1.807) is 6.20 Å². The van der Waals surface area contributed by atoms with Crippen molar-refractivity contribution in [2.75, 3.05) is 6.61 Å². The molecule has 1 saturated carbocycles. The van der Waals surface area contributed by atoms with Crippen molar-refractivity contribution in [1.29, 1.82) is 0 Å². The van der Waals surface area contributed by atoms with E-state index in [1.807, 2.05) is 45.9 Å². The fraction of sp³-hybridized carbons (Fsp3) is 0.647. The van der Waals surface area contributed by atoms with Crippen molar-refractivity contribution in [2.45, 2.75) is 64.4 Å². The van der Waals surface area contributed by atoms with Crippen LogP contribution in [0.15, 0.2) is 24.4 Å². The molecule has 2 N–H and O–H groups in total. The third kappa shape index (κ3) is 5.48. The molecule has 1 fully saturated rings. The number of hydrogen-bond acceptors (Lipinski definition) is 5. The van der Waals surface area contributed by atoms with Gasteiger partial charge in [-0.2, -0.15) is 0 Å². The maximum atomic E-state index is 11.9. The van der Waals surface area contributed by atoms with E-state index in [1.165, 1.54) is 0 Å². The zero-order chi connectivity index (χ0) is 16.9. The van der Waals surface area contributed by atoms with E-state index in [9.17, 15) is 4.79 Å². The van der Waals surface area contributed by atoms with Gasteiger partial charge in [-0.3, -0.25) is 4.98 Å². The van der Waals surface area contributed by atoms with Crippen LogP contribution in [0.2, 0.25) is 0 Å². The summed E-state index contributed by atoms with van der Waals surface area (Å²) < 4.78 is 11.0. The molecule has 3 atom stereocenters. The maximum absolute atomic E-state index is 11.9. The average molecular weight is 321 g/mol. The minimum atomic E-state index is -0.496. The first-order valence-corrected chi connectivity index (χ1v) is 8.13. The van der Waals surface area contributed by atoms with Crippen LogP contribution in [0.5, 0.6) is 0 Å². The predicted molar refractivity (Wildman–Crippen MR) is 88.1 cm³/mol. The molecule has 0 radical (unpaired) electrons. The molecule has 1 aliphatic rings. The molecule has 6 heteroatoms. The Morgan fingerprint density at radius 2 is 2.17 bits per heavy atom. The topological polar surface area (TPSA) is 72.5 Å². The van der Waals surface area contributed by atoms with Crippen molar-refractivity contribution in [3.8, 4) is 0 Å². The summed E-state index contributed by atoms with van der Waals surface area (Å²) in [4.78, 5) is 16.2. The van der Waals surface area contributed by atoms with Gasteiger partial charge in [-0.15, -0.1) is 0 Å². The molecule has 128 valence electrons. The van der Waals surface area contributed by atoms with Crippen molar-refractivity contribution in [1.82, 2.24) is 15.6 Å². The minimum Gasteiger partial charge on any atom is -0.444 e. The number of pyridine rings is 1. The van der Waals surface area contributed by atoms with Gasteiger partial charge in [-0.05, 0) is 46.2 Å². The molecule has 6 nitrogen and oxygen atoms in total. The zero-order valence-electron chi connectivity index (χ0n) is 14.3. The number of carbonyl (C=O) groups excluding carboxylic acids is 1. The van der Waals surface area contributed by atoms with Crippen LogP contribution in [0.1, 0.15) is 39.8 Å². The molecule has 1 aromatic heterocycles. The standard InChI is InChI=1S/C17H27N3O3/c1-5-22-14-10-13(20-16(21)23-17(2,3)4)15(14)19-11-12-8-6-7-9-18-12/h6-9,13-15,19H,5,10-11H2,1-4H3,(H,20,21). The minimum absolute atomic E-state index is 0.00473. The van der Waals surface area contributed by atoms with Crippen LogP contribution in [0.25, 0.3) is 0 Å². The summed E-state index contributed by atoms with van der Waals surface area (Å²) in [6, 6.07) is 5.89. The third-order valence-corrected chi connectivity index (χ3v) is 3.65. The first kappa shape index (κ1) is 17.7. The lowest BCUT2D eigenvalue weighted by Gasteiger charge is -2.44.